The number of rotatable bonds is 9. The summed E-state index contributed by atoms with van der Waals surface area (Å²) in [4.78, 5) is 39.8. The number of halogens is 1. The van der Waals surface area contributed by atoms with Gasteiger partial charge in [0.25, 0.3) is 11.8 Å². The van der Waals surface area contributed by atoms with Crippen LogP contribution in [0.15, 0.2) is 112 Å². The van der Waals surface area contributed by atoms with Crippen LogP contribution < -0.4 is 25.4 Å². The first-order valence-corrected chi connectivity index (χ1v) is 15.1. The molecule has 1 heterocycles. The van der Waals surface area contributed by atoms with Gasteiger partial charge in [0, 0.05) is 32.4 Å². The predicted molar refractivity (Wildman–Crippen MR) is 172 cm³/mol. The van der Waals surface area contributed by atoms with Gasteiger partial charge in [-0.3, -0.25) is 14.4 Å². The fourth-order valence-electron chi connectivity index (χ4n) is 4.11. The molecule has 0 aromatic heterocycles. The van der Waals surface area contributed by atoms with Crippen LogP contribution >= 0.6 is 27.7 Å². The maximum absolute atomic E-state index is 13.3. The SMILES string of the molecule is CC(Sc1ccc(NC(=O)/C(=C/c2ccc(Br)cc2)NC(=O)c2ccccc2)cc1)C(=O)Nc1ccc2c(c1)OCCO2. The second-order valence-corrected chi connectivity index (χ2v) is 11.8. The van der Waals surface area contributed by atoms with E-state index in [0.717, 1.165) is 14.9 Å². The van der Waals surface area contributed by atoms with Crippen molar-refractivity contribution in [2.45, 2.75) is 17.1 Å². The van der Waals surface area contributed by atoms with Crippen LogP contribution in [0.1, 0.15) is 22.8 Å². The van der Waals surface area contributed by atoms with Gasteiger partial charge in [-0.2, -0.15) is 0 Å². The van der Waals surface area contributed by atoms with E-state index in [1.165, 1.54) is 11.8 Å². The minimum Gasteiger partial charge on any atom is -0.486 e. The van der Waals surface area contributed by atoms with Crippen LogP contribution in [0.3, 0.4) is 0 Å². The highest BCUT2D eigenvalue weighted by Crippen LogP contribution is 2.33. The van der Waals surface area contributed by atoms with Crippen molar-refractivity contribution in [3.8, 4) is 11.5 Å². The summed E-state index contributed by atoms with van der Waals surface area (Å²) in [6.45, 7) is 2.80. The van der Waals surface area contributed by atoms with Gasteiger partial charge in [-0.15, -0.1) is 11.8 Å². The molecule has 0 spiro atoms. The average Bonchev–Trinajstić information content (AvgIpc) is 3.03. The molecule has 0 aliphatic carbocycles. The minimum atomic E-state index is -0.472. The zero-order valence-electron chi connectivity index (χ0n) is 23.1. The monoisotopic (exact) mass is 657 g/mol. The van der Waals surface area contributed by atoms with Crippen molar-refractivity contribution in [2.24, 2.45) is 0 Å². The lowest BCUT2D eigenvalue weighted by Gasteiger charge is -2.19. The van der Waals surface area contributed by atoms with E-state index in [0.29, 0.717) is 41.7 Å². The molecule has 4 aromatic rings. The van der Waals surface area contributed by atoms with E-state index < -0.39 is 11.8 Å². The minimum absolute atomic E-state index is 0.0964. The Morgan fingerprint density at radius 3 is 2.21 bits per heavy atom. The summed E-state index contributed by atoms with van der Waals surface area (Å²) in [5, 5.41) is 8.12. The third-order valence-corrected chi connectivity index (χ3v) is 7.95. The van der Waals surface area contributed by atoms with E-state index in [2.05, 4.69) is 31.9 Å². The number of amides is 3. The highest BCUT2D eigenvalue weighted by atomic mass is 79.9. The first kappa shape index (κ1) is 29.9. The Labute approximate surface area is 262 Å². The van der Waals surface area contributed by atoms with E-state index in [1.54, 1.807) is 60.7 Å². The van der Waals surface area contributed by atoms with E-state index in [4.69, 9.17) is 9.47 Å². The molecule has 1 atom stereocenters. The van der Waals surface area contributed by atoms with Crippen LogP contribution in [0.25, 0.3) is 6.08 Å². The van der Waals surface area contributed by atoms with Crippen LogP contribution in [0, 0.1) is 0 Å². The van der Waals surface area contributed by atoms with Crippen molar-refractivity contribution in [3.63, 3.8) is 0 Å². The lowest BCUT2D eigenvalue weighted by atomic mass is 10.1. The Bertz CT molecular complexity index is 1640. The van der Waals surface area contributed by atoms with E-state index >= 15 is 0 Å². The summed E-state index contributed by atoms with van der Waals surface area (Å²) >= 11 is 4.80. The molecule has 43 heavy (non-hydrogen) atoms. The van der Waals surface area contributed by atoms with Crippen molar-refractivity contribution in [1.82, 2.24) is 5.32 Å². The summed E-state index contributed by atoms with van der Waals surface area (Å²) in [7, 11) is 0. The number of fused-ring (bicyclic) bond motifs is 1. The zero-order valence-corrected chi connectivity index (χ0v) is 25.5. The molecule has 0 fully saturated rings. The third kappa shape index (κ3) is 8.27. The summed E-state index contributed by atoms with van der Waals surface area (Å²) in [6, 6.07) is 28.5. The quantitative estimate of drug-likeness (QED) is 0.136. The van der Waals surface area contributed by atoms with E-state index in [9.17, 15) is 14.4 Å². The van der Waals surface area contributed by atoms with Gasteiger partial charge in [0.1, 0.15) is 18.9 Å². The Morgan fingerprint density at radius 1 is 0.814 bits per heavy atom. The number of hydrogen-bond donors (Lipinski definition) is 3. The van der Waals surface area contributed by atoms with Crippen LogP contribution in [0.5, 0.6) is 11.5 Å². The Morgan fingerprint density at radius 2 is 1.49 bits per heavy atom. The van der Waals surface area contributed by atoms with Gasteiger partial charge in [0.05, 0.1) is 5.25 Å². The first-order valence-electron chi connectivity index (χ1n) is 13.5. The molecule has 1 aliphatic rings. The van der Waals surface area contributed by atoms with Gasteiger partial charge in [-0.1, -0.05) is 46.3 Å². The number of thioether (sulfide) groups is 1. The predicted octanol–water partition coefficient (Wildman–Crippen LogP) is 6.75. The molecule has 1 aliphatic heterocycles. The third-order valence-electron chi connectivity index (χ3n) is 6.31. The zero-order chi connectivity index (χ0) is 30.2. The number of carbonyl (C=O) groups excluding carboxylic acids is 3. The molecule has 5 rings (SSSR count). The fraction of sp³-hybridized carbons (Fsp3) is 0.121. The van der Waals surface area contributed by atoms with Gasteiger partial charge in [-0.05, 0) is 79.2 Å². The van der Waals surface area contributed by atoms with Crippen molar-refractivity contribution >= 4 is 62.9 Å². The molecule has 4 aromatic carbocycles. The van der Waals surface area contributed by atoms with Crippen molar-refractivity contribution in [2.75, 3.05) is 23.8 Å². The second-order valence-electron chi connectivity index (χ2n) is 9.52. The molecule has 3 N–H and O–H groups in total. The number of benzene rings is 4. The number of hydrogen-bond acceptors (Lipinski definition) is 6. The van der Waals surface area contributed by atoms with Gasteiger partial charge in [0.15, 0.2) is 11.5 Å². The Kier molecular flexibility index (Phi) is 9.81. The summed E-state index contributed by atoms with van der Waals surface area (Å²) in [5.74, 6) is 0.245. The lowest BCUT2D eigenvalue weighted by molar-refractivity contribution is -0.115. The average molecular weight is 659 g/mol. The van der Waals surface area contributed by atoms with Gasteiger partial charge in [0.2, 0.25) is 5.91 Å². The topological polar surface area (TPSA) is 106 Å². The maximum atomic E-state index is 13.3. The molecule has 218 valence electrons. The summed E-state index contributed by atoms with van der Waals surface area (Å²) < 4.78 is 12.0. The second kappa shape index (κ2) is 14.1. The first-order chi connectivity index (χ1) is 20.8. The van der Waals surface area contributed by atoms with Crippen molar-refractivity contribution in [1.29, 1.82) is 0 Å². The molecular formula is C33H28BrN3O5S. The van der Waals surface area contributed by atoms with Crippen LogP contribution in [-0.2, 0) is 9.59 Å². The number of anilines is 2. The summed E-state index contributed by atoms with van der Waals surface area (Å²) in [5.41, 5.74) is 2.45. The molecule has 0 saturated heterocycles. The van der Waals surface area contributed by atoms with Crippen LogP contribution in [-0.4, -0.2) is 36.2 Å². The Balaban J connectivity index is 1.22. The van der Waals surface area contributed by atoms with Gasteiger partial charge in [-0.25, -0.2) is 0 Å². The molecule has 10 heteroatoms. The molecule has 0 radical (unpaired) electrons. The van der Waals surface area contributed by atoms with Crippen molar-refractivity contribution in [3.05, 3.63) is 118 Å². The standard InChI is InChI=1S/C33H28BrN3O5S/c1-21(31(38)36-26-13-16-29-30(20-26)42-18-17-41-29)43-27-14-11-25(12-15-27)35-33(40)28(19-22-7-9-24(34)10-8-22)37-32(39)23-5-3-2-4-6-23/h2-16,19-21H,17-18H2,1H3,(H,35,40)(H,36,38)(H,37,39)/b28-19-. The molecule has 0 saturated carbocycles. The molecule has 3 amide bonds. The Hall–Kier alpha value is -4.54. The smallest absolute Gasteiger partial charge is 0.272 e. The molecule has 8 nitrogen and oxygen atoms in total. The largest absolute Gasteiger partial charge is 0.486 e. The lowest BCUT2D eigenvalue weighted by Crippen LogP contribution is -2.30. The highest BCUT2D eigenvalue weighted by Gasteiger charge is 2.18. The van der Waals surface area contributed by atoms with Gasteiger partial charge >= 0.3 is 0 Å². The van der Waals surface area contributed by atoms with Crippen LogP contribution in [0.4, 0.5) is 11.4 Å². The van der Waals surface area contributed by atoms with Crippen molar-refractivity contribution < 1.29 is 23.9 Å². The fourth-order valence-corrected chi connectivity index (χ4v) is 5.24. The van der Waals surface area contributed by atoms with Crippen LogP contribution in [0.2, 0.25) is 0 Å². The van der Waals surface area contributed by atoms with Gasteiger partial charge < -0.3 is 25.4 Å². The molecular weight excluding hydrogens is 630 g/mol. The maximum Gasteiger partial charge on any atom is 0.272 e. The highest BCUT2D eigenvalue weighted by molar-refractivity contribution is 9.10. The molecule has 0 bridgehead atoms. The van der Waals surface area contributed by atoms with E-state index in [1.807, 2.05) is 49.4 Å². The normalized spacial score (nSPS) is 13.0. The summed E-state index contributed by atoms with van der Waals surface area (Å²) in [6.07, 6.45) is 1.62. The molecule has 1 unspecified atom stereocenters. The van der Waals surface area contributed by atoms with E-state index in [-0.39, 0.29) is 16.9 Å². The number of nitrogens with one attached hydrogen (secondary N) is 3. The number of carbonyl (C=O) groups is 3. The number of ether oxygens (including phenoxy) is 2.